The number of aliphatic hydroxyl groups excluding tert-OH is 2. The monoisotopic (exact) mass is 242 g/mol. The van der Waals surface area contributed by atoms with E-state index in [0.29, 0.717) is 0 Å². The van der Waals surface area contributed by atoms with Crippen LogP contribution in [0.15, 0.2) is 29.2 Å². The first-order valence-electron chi connectivity index (χ1n) is 4.25. The highest BCUT2D eigenvalue weighted by atomic mass is 32.2. The van der Waals surface area contributed by atoms with E-state index in [1.54, 1.807) is 0 Å². The van der Waals surface area contributed by atoms with Crippen molar-refractivity contribution < 1.29 is 18.6 Å². The molecule has 0 aliphatic rings. The van der Waals surface area contributed by atoms with Gasteiger partial charge in [0.2, 0.25) is 10.0 Å². The van der Waals surface area contributed by atoms with Gasteiger partial charge in [0.25, 0.3) is 0 Å². The van der Waals surface area contributed by atoms with Crippen LogP contribution in [0.4, 0.5) is 0 Å². The summed E-state index contributed by atoms with van der Waals surface area (Å²) in [6.07, 6.45) is -2.93. The average molecular weight is 242 g/mol. The molecule has 4 N–H and O–H groups in total. The first-order chi connectivity index (χ1) is 7.36. The number of hydrogen-bond donors (Lipinski definition) is 3. The van der Waals surface area contributed by atoms with E-state index in [0.717, 1.165) is 0 Å². The van der Waals surface area contributed by atoms with Crippen molar-refractivity contribution in [2.45, 2.75) is 17.1 Å². The Hall–Kier alpha value is -1.46. The molecule has 0 aliphatic carbocycles. The third kappa shape index (κ3) is 2.77. The quantitative estimate of drug-likeness (QED) is 0.601. The maximum atomic E-state index is 10.9. The number of hydrogen-bond acceptors (Lipinski definition) is 5. The van der Waals surface area contributed by atoms with Gasteiger partial charge in [0, 0.05) is 0 Å². The highest BCUT2D eigenvalue weighted by Crippen LogP contribution is 2.18. The lowest BCUT2D eigenvalue weighted by Gasteiger charge is -2.11. The Bertz CT molecular complexity index is 503. The van der Waals surface area contributed by atoms with Gasteiger partial charge >= 0.3 is 0 Å². The molecule has 0 fully saturated rings. The Morgan fingerprint density at radius 2 is 1.75 bits per heavy atom. The number of aliphatic hydroxyl groups is 2. The highest BCUT2D eigenvalue weighted by molar-refractivity contribution is 7.89. The van der Waals surface area contributed by atoms with Crippen LogP contribution in [0.1, 0.15) is 11.7 Å². The molecule has 0 heterocycles. The normalized spacial score (nSPS) is 15.1. The summed E-state index contributed by atoms with van der Waals surface area (Å²) < 4.78 is 21.8. The van der Waals surface area contributed by atoms with Gasteiger partial charge in [-0.05, 0) is 17.7 Å². The van der Waals surface area contributed by atoms with Gasteiger partial charge in [-0.3, -0.25) is 0 Å². The van der Waals surface area contributed by atoms with Crippen molar-refractivity contribution in [1.29, 1.82) is 5.26 Å². The van der Waals surface area contributed by atoms with Crippen molar-refractivity contribution in [3.8, 4) is 6.07 Å². The van der Waals surface area contributed by atoms with Crippen LogP contribution in [0, 0.1) is 11.3 Å². The van der Waals surface area contributed by atoms with Crippen molar-refractivity contribution in [3.05, 3.63) is 29.8 Å². The fourth-order valence-corrected chi connectivity index (χ4v) is 1.62. The number of sulfonamides is 1. The standard InChI is InChI=1S/C9H10N2O4S/c10-5-8(12)9(13)6-1-3-7(4-2-6)16(11,14)15/h1-4,8-9,12-13H,(H2,11,14,15). The number of benzene rings is 1. The number of nitriles is 1. The van der Waals surface area contributed by atoms with Gasteiger partial charge in [-0.25, -0.2) is 13.6 Å². The van der Waals surface area contributed by atoms with E-state index in [1.165, 1.54) is 30.3 Å². The van der Waals surface area contributed by atoms with Crippen molar-refractivity contribution in [3.63, 3.8) is 0 Å². The maximum absolute atomic E-state index is 10.9. The number of nitrogens with zero attached hydrogens (tertiary/aromatic N) is 1. The van der Waals surface area contributed by atoms with Gasteiger partial charge in [-0.15, -0.1) is 0 Å². The van der Waals surface area contributed by atoms with E-state index < -0.39 is 22.2 Å². The molecule has 0 aromatic heterocycles. The van der Waals surface area contributed by atoms with E-state index >= 15 is 0 Å². The Kier molecular flexibility index (Phi) is 3.62. The summed E-state index contributed by atoms with van der Waals surface area (Å²) in [5.41, 5.74) is 0.237. The molecule has 7 heteroatoms. The minimum absolute atomic E-state index is 0.102. The number of rotatable bonds is 3. The van der Waals surface area contributed by atoms with Gasteiger partial charge < -0.3 is 10.2 Å². The Labute approximate surface area is 92.6 Å². The first kappa shape index (κ1) is 12.6. The van der Waals surface area contributed by atoms with E-state index in [9.17, 15) is 13.5 Å². The van der Waals surface area contributed by atoms with E-state index in [-0.39, 0.29) is 10.5 Å². The van der Waals surface area contributed by atoms with Crippen LogP contribution in [-0.4, -0.2) is 24.7 Å². The SMILES string of the molecule is N#CC(O)C(O)c1ccc(S(N)(=O)=O)cc1. The molecule has 0 spiro atoms. The van der Waals surface area contributed by atoms with E-state index in [1.807, 2.05) is 0 Å². The largest absolute Gasteiger partial charge is 0.385 e. The zero-order chi connectivity index (χ0) is 12.3. The van der Waals surface area contributed by atoms with Crippen LogP contribution in [-0.2, 0) is 10.0 Å². The van der Waals surface area contributed by atoms with Gasteiger partial charge in [-0.1, -0.05) is 12.1 Å². The Balaban J connectivity index is 3.01. The zero-order valence-electron chi connectivity index (χ0n) is 8.11. The van der Waals surface area contributed by atoms with Crippen molar-refractivity contribution >= 4 is 10.0 Å². The van der Waals surface area contributed by atoms with Gasteiger partial charge in [0.05, 0.1) is 11.0 Å². The molecular formula is C9H10N2O4S. The summed E-state index contributed by atoms with van der Waals surface area (Å²) in [7, 11) is -3.78. The van der Waals surface area contributed by atoms with E-state index in [4.69, 9.17) is 15.5 Å². The van der Waals surface area contributed by atoms with Gasteiger partial charge in [-0.2, -0.15) is 5.26 Å². The van der Waals surface area contributed by atoms with Gasteiger partial charge in [0.1, 0.15) is 6.10 Å². The van der Waals surface area contributed by atoms with Crippen LogP contribution in [0.25, 0.3) is 0 Å². The molecule has 1 rings (SSSR count). The summed E-state index contributed by atoms with van der Waals surface area (Å²) in [5, 5.41) is 31.7. The smallest absolute Gasteiger partial charge is 0.238 e. The fraction of sp³-hybridized carbons (Fsp3) is 0.222. The first-order valence-corrected chi connectivity index (χ1v) is 5.79. The van der Waals surface area contributed by atoms with Crippen LogP contribution >= 0.6 is 0 Å². The zero-order valence-corrected chi connectivity index (χ0v) is 8.92. The second-order valence-electron chi connectivity index (χ2n) is 3.13. The highest BCUT2D eigenvalue weighted by Gasteiger charge is 2.18. The minimum atomic E-state index is -3.78. The van der Waals surface area contributed by atoms with Crippen LogP contribution in [0.5, 0.6) is 0 Å². The minimum Gasteiger partial charge on any atom is -0.385 e. The average Bonchev–Trinajstić information content (AvgIpc) is 2.26. The summed E-state index contributed by atoms with van der Waals surface area (Å²) >= 11 is 0. The topological polar surface area (TPSA) is 124 Å². The molecule has 0 saturated heterocycles. The summed E-state index contributed by atoms with van der Waals surface area (Å²) in [6, 6.07) is 6.42. The molecule has 1 aromatic carbocycles. The lowest BCUT2D eigenvalue weighted by atomic mass is 10.1. The summed E-state index contributed by atoms with van der Waals surface area (Å²) in [5.74, 6) is 0. The molecule has 86 valence electrons. The molecule has 6 nitrogen and oxygen atoms in total. The van der Waals surface area contributed by atoms with Crippen LogP contribution in [0.3, 0.4) is 0 Å². The van der Waals surface area contributed by atoms with Crippen molar-refractivity contribution in [1.82, 2.24) is 0 Å². The number of primary sulfonamides is 1. The number of nitrogens with two attached hydrogens (primary N) is 1. The predicted molar refractivity (Wildman–Crippen MR) is 54.4 cm³/mol. The second-order valence-corrected chi connectivity index (χ2v) is 4.69. The molecule has 0 bridgehead atoms. The maximum Gasteiger partial charge on any atom is 0.238 e. The Morgan fingerprint density at radius 1 is 1.25 bits per heavy atom. The fourth-order valence-electron chi connectivity index (χ4n) is 1.11. The predicted octanol–water partition coefficient (Wildman–Crippen LogP) is -0.748. The molecule has 0 amide bonds. The van der Waals surface area contributed by atoms with Crippen molar-refractivity contribution in [2.24, 2.45) is 5.14 Å². The molecule has 16 heavy (non-hydrogen) atoms. The summed E-state index contributed by atoms with van der Waals surface area (Å²) in [6.45, 7) is 0. The van der Waals surface area contributed by atoms with Crippen LogP contribution in [0.2, 0.25) is 0 Å². The van der Waals surface area contributed by atoms with Crippen LogP contribution < -0.4 is 5.14 Å². The third-order valence-electron chi connectivity index (χ3n) is 1.98. The Morgan fingerprint density at radius 3 is 2.12 bits per heavy atom. The lowest BCUT2D eigenvalue weighted by Crippen LogP contribution is -2.16. The van der Waals surface area contributed by atoms with E-state index in [2.05, 4.69) is 0 Å². The molecule has 2 unspecified atom stereocenters. The second kappa shape index (κ2) is 4.59. The molecule has 0 saturated carbocycles. The molecule has 2 atom stereocenters. The van der Waals surface area contributed by atoms with Gasteiger partial charge in [0.15, 0.2) is 6.10 Å². The molecular weight excluding hydrogens is 232 g/mol. The lowest BCUT2D eigenvalue weighted by molar-refractivity contribution is 0.0527. The summed E-state index contributed by atoms with van der Waals surface area (Å²) in [4.78, 5) is -0.102. The van der Waals surface area contributed by atoms with Crippen molar-refractivity contribution in [2.75, 3.05) is 0 Å². The molecule has 1 aromatic rings. The molecule has 0 aliphatic heterocycles. The third-order valence-corrected chi connectivity index (χ3v) is 2.91. The molecule has 0 radical (unpaired) electrons.